The molecule has 0 saturated carbocycles. The molecular weight excluding hydrogens is 421 g/mol. The van der Waals surface area contributed by atoms with Gasteiger partial charge in [0.25, 0.3) is 0 Å². The molecule has 9 heteroatoms. The molecule has 0 bridgehead atoms. The second kappa shape index (κ2) is 7.71. The molecule has 0 fully saturated rings. The van der Waals surface area contributed by atoms with Gasteiger partial charge in [0.05, 0.1) is 23.3 Å². The quantitative estimate of drug-likeness (QED) is 0.444. The summed E-state index contributed by atoms with van der Waals surface area (Å²) in [6.45, 7) is 3.54. The Balaban J connectivity index is 2.16. The normalized spacial score (nSPS) is 12.9. The Morgan fingerprint density at radius 3 is 2.69 bits per heavy atom. The smallest absolute Gasteiger partial charge is 0.338 e. The number of carboxylic acid groups (broad SMARTS) is 1. The van der Waals surface area contributed by atoms with Gasteiger partial charge in [-0.05, 0) is 29.8 Å². The maximum atomic E-state index is 14.5. The van der Waals surface area contributed by atoms with Crippen molar-refractivity contribution in [2.75, 3.05) is 0 Å². The van der Waals surface area contributed by atoms with Crippen molar-refractivity contribution in [1.29, 1.82) is 5.26 Å². The zero-order chi connectivity index (χ0) is 23.2. The number of benzene rings is 2. The van der Waals surface area contributed by atoms with Crippen LogP contribution in [0.4, 0.5) is 13.2 Å². The molecule has 2 heterocycles. The van der Waals surface area contributed by atoms with E-state index in [1.807, 2.05) is 0 Å². The highest BCUT2D eigenvalue weighted by Gasteiger charge is 2.33. The van der Waals surface area contributed by atoms with Crippen LogP contribution in [0.3, 0.4) is 0 Å². The van der Waals surface area contributed by atoms with Gasteiger partial charge in [-0.2, -0.15) is 10.4 Å². The average molecular weight is 440 g/mol. The molecule has 0 aliphatic carbocycles. The standard InChI is InChI=1S/C23H19F3N4O2/c1-23(2,5-6-27)21-15(9-18(26)22(31)32)14-10-19-12(11-28-29-19)7-20(14)30(21)13-3-4-16(24)17(25)8-13/h3-4,7-8,10-11,18H,5,9H2,1-2H3,(H,28,29)(H,31,32)/t18-/m0/s1. The molecular formula is C23H19F3N4O2. The maximum absolute atomic E-state index is 14.5. The van der Waals surface area contributed by atoms with Gasteiger partial charge in [0.15, 0.2) is 11.6 Å². The number of H-pyrrole nitrogens is 1. The van der Waals surface area contributed by atoms with Gasteiger partial charge in [0, 0.05) is 46.5 Å². The monoisotopic (exact) mass is 440 g/mol. The fourth-order valence-electron chi connectivity index (χ4n) is 4.15. The maximum Gasteiger partial charge on any atom is 0.338 e. The summed E-state index contributed by atoms with van der Waals surface area (Å²) in [6, 6.07) is 8.99. The predicted molar refractivity (Wildman–Crippen MR) is 112 cm³/mol. The number of halogens is 3. The summed E-state index contributed by atoms with van der Waals surface area (Å²) in [6.07, 6.45) is -1.02. The molecule has 0 amide bonds. The molecule has 6 nitrogen and oxygen atoms in total. The lowest BCUT2D eigenvalue weighted by atomic mass is 9.82. The van der Waals surface area contributed by atoms with Gasteiger partial charge in [-0.3, -0.25) is 5.10 Å². The van der Waals surface area contributed by atoms with Crippen molar-refractivity contribution in [3.8, 4) is 11.8 Å². The van der Waals surface area contributed by atoms with Crippen molar-refractivity contribution in [3.63, 3.8) is 0 Å². The Hall–Kier alpha value is -3.80. The predicted octanol–water partition coefficient (Wildman–Crippen LogP) is 4.94. The van der Waals surface area contributed by atoms with Gasteiger partial charge >= 0.3 is 5.97 Å². The van der Waals surface area contributed by atoms with E-state index in [2.05, 4.69) is 16.3 Å². The third-order valence-corrected chi connectivity index (χ3v) is 5.61. The highest BCUT2D eigenvalue weighted by molar-refractivity contribution is 5.99. The molecule has 0 saturated heterocycles. The lowest BCUT2D eigenvalue weighted by molar-refractivity contribution is -0.142. The van der Waals surface area contributed by atoms with Crippen molar-refractivity contribution in [2.45, 2.75) is 38.3 Å². The molecule has 4 rings (SSSR count). The molecule has 0 radical (unpaired) electrons. The van der Waals surface area contributed by atoms with E-state index in [9.17, 15) is 28.3 Å². The SMILES string of the molecule is CC(C)(CC#N)c1c(C[C@H](F)C(=O)O)c2cc3[nH]ncc3cc2n1-c1ccc(F)c(F)c1. The number of carboxylic acids is 1. The number of fused-ring (bicyclic) bond motifs is 2. The van der Waals surface area contributed by atoms with Crippen LogP contribution in [-0.2, 0) is 16.6 Å². The van der Waals surface area contributed by atoms with Crippen LogP contribution >= 0.6 is 0 Å². The van der Waals surface area contributed by atoms with E-state index in [0.29, 0.717) is 27.7 Å². The molecule has 1 atom stereocenters. The minimum atomic E-state index is -2.19. The number of rotatable bonds is 6. The molecule has 4 aromatic rings. The average Bonchev–Trinajstić information content (AvgIpc) is 3.30. The first-order valence-electron chi connectivity index (χ1n) is 9.84. The Morgan fingerprint density at radius 1 is 1.28 bits per heavy atom. The molecule has 0 aliphatic rings. The highest BCUT2D eigenvalue weighted by atomic mass is 19.2. The molecule has 2 aromatic heterocycles. The van der Waals surface area contributed by atoms with E-state index >= 15 is 0 Å². The van der Waals surface area contributed by atoms with Crippen LogP contribution in [0, 0.1) is 23.0 Å². The number of nitriles is 1. The Kier molecular flexibility index (Phi) is 5.17. The summed E-state index contributed by atoms with van der Waals surface area (Å²) in [5.41, 5.74) is 1.45. The lowest BCUT2D eigenvalue weighted by Gasteiger charge is -2.26. The first kappa shape index (κ1) is 21.4. The van der Waals surface area contributed by atoms with Gasteiger partial charge in [-0.1, -0.05) is 13.8 Å². The fourth-order valence-corrected chi connectivity index (χ4v) is 4.15. The van der Waals surface area contributed by atoms with Crippen LogP contribution in [0.1, 0.15) is 31.5 Å². The molecule has 2 aromatic carbocycles. The number of hydrogen-bond acceptors (Lipinski definition) is 3. The van der Waals surface area contributed by atoms with E-state index in [4.69, 9.17) is 0 Å². The van der Waals surface area contributed by atoms with Crippen LogP contribution in [0.2, 0.25) is 0 Å². The number of aliphatic carboxylic acids is 1. The van der Waals surface area contributed by atoms with Crippen molar-refractivity contribution in [3.05, 3.63) is 59.4 Å². The van der Waals surface area contributed by atoms with Gasteiger partial charge in [-0.25, -0.2) is 18.0 Å². The van der Waals surface area contributed by atoms with Gasteiger partial charge in [-0.15, -0.1) is 0 Å². The molecule has 2 N–H and O–H groups in total. The second-order valence-corrected chi connectivity index (χ2v) is 8.32. The highest BCUT2D eigenvalue weighted by Crippen LogP contribution is 2.41. The van der Waals surface area contributed by atoms with E-state index in [1.54, 1.807) is 36.7 Å². The first-order valence-corrected chi connectivity index (χ1v) is 9.84. The van der Waals surface area contributed by atoms with Crippen molar-refractivity contribution >= 4 is 27.8 Å². The molecule has 0 unspecified atom stereocenters. The minimum absolute atomic E-state index is 0.0312. The van der Waals surface area contributed by atoms with Crippen LogP contribution in [0.25, 0.3) is 27.5 Å². The largest absolute Gasteiger partial charge is 0.479 e. The van der Waals surface area contributed by atoms with E-state index in [0.717, 1.165) is 17.5 Å². The Bertz CT molecular complexity index is 1400. The van der Waals surface area contributed by atoms with Crippen molar-refractivity contribution in [2.24, 2.45) is 0 Å². The van der Waals surface area contributed by atoms with Gasteiger partial charge < -0.3 is 9.67 Å². The van der Waals surface area contributed by atoms with Crippen LogP contribution < -0.4 is 0 Å². The number of alkyl halides is 1. The first-order chi connectivity index (χ1) is 15.1. The topological polar surface area (TPSA) is 94.7 Å². The van der Waals surface area contributed by atoms with Crippen molar-refractivity contribution < 1.29 is 23.1 Å². The summed E-state index contributed by atoms with van der Waals surface area (Å²) in [5.74, 6) is -3.69. The zero-order valence-electron chi connectivity index (χ0n) is 17.3. The summed E-state index contributed by atoms with van der Waals surface area (Å²) in [7, 11) is 0. The van der Waals surface area contributed by atoms with Gasteiger partial charge in [0.2, 0.25) is 6.17 Å². The second-order valence-electron chi connectivity index (χ2n) is 8.32. The fraction of sp³-hybridized carbons (Fsp3) is 0.261. The summed E-state index contributed by atoms with van der Waals surface area (Å²) in [5, 5.41) is 26.7. The van der Waals surface area contributed by atoms with Crippen LogP contribution in [0.15, 0.2) is 36.5 Å². The molecule has 0 aliphatic heterocycles. The number of aromatic nitrogens is 3. The number of nitrogens with one attached hydrogen (secondary N) is 1. The zero-order valence-corrected chi connectivity index (χ0v) is 17.3. The number of hydrogen-bond donors (Lipinski definition) is 2. The molecule has 164 valence electrons. The van der Waals surface area contributed by atoms with E-state index < -0.39 is 35.6 Å². The minimum Gasteiger partial charge on any atom is -0.479 e. The third kappa shape index (κ3) is 3.47. The van der Waals surface area contributed by atoms with Crippen molar-refractivity contribution in [1.82, 2.24) is 14.8 Å². The summed E-state index contributed by atoms with van der Waals surface area (Å²) < 4.78 is 44.0. The lowest BCUT2D eigenvalue weighted by Crippen LogP contribution is -2.25. The molecule has 32 heavy (non-hydrogen) atoms. The third-order valence-electron chi connectivity index (χ3n) is 5.61. The molecule has 0 spiro atoms. The summed E-state index contributed by atoms with van der Waals surface area (Å²) >= 11 is 0. The van der Waals surface area contributed by atoms with E-state index in [-0.39, 0.29) is 12.1 Å². The van der Waals surface area contributed by atoms with E-state index in [1.165, 1.54) is 6.07 Å². The van der Waals surface area contributed by atoms with Crippen LogP contribution in [-0.4, -0.2) is 32.0 Å². The summed E-state index contributed by atoms with van der Waals surface area (Å²) in [4.78, 5) is 11.3. The number of aromatic amines is 1. The van der Waals surface area contributed by atoms with Crippen LogP contribution in [0.5, 0.6) is 0 Å². The Morgan fingerprint density at radius 2 is 2.03 bits per heavy atom. The number of carbonyl (C=O) groups is 1. The number of nitrogens with zero attached hydrogens (tertiary/aromatic N) is 3. The van der Waals surface area contributed by atoms with Gasteiger partial charge in [0.1, 0.15) is 0 Å². The Labute approximate surface area is 180 Å².